The molecule has 0 saturated carbocycles. The van der Waals surface area contributed by atoms with Crippen molar-refractivity contribution in [3.63, 3.8) is 0 Å². The van der Waals surface area contributed by atoms with Crippen LogP contribution in [0.25, 0.3) is 0 Å². The van der Waals surface area contributed by atoms with Gasteiger partial charge in [-0.2, -0.15) is 0 Å². The van der Waals surface area contributed by atoms with E-state index in [0.29, 0.717) is 17.8 Å². The van der Waals surface area contributed by atoms with Crippen LogP contribution < -0.4 is 4.90 Å². The smallest absolute Gasteiger partial charge is 0.256 e. The summed E-state index contributed by atoms with van der Waals surface area (Å²) < 4.78 is 0. The predicted octanol–water partition coefficient (Wildman–Crippen LogP) is 3.80. The lowest BCUT2D eigenvalue weighted by molar-refractivity contribution is -0.118. The highest BCUT2D eigenvalue weighted by atomic mass is 16.2. The molecule has 128 valence electrons. The summed E-state index contributed by atoms with van der Waals surface area (Å²) >= 11 is 0. The summed E-state index contributed by atoms with van der Waals surface area (Å²) in [6.45, 7) is 6.83. The zero-order valence-electron chi connectivity index (χ0n) is 15.0. The first-order valence-electron chi connectivity index (χ1n) is 8.34. The van der Waals surface area contributed by atoms with E-state index in [2.05, 4.69) is 32.9 Å². The number of carbonyl (C=O) groups is 2. The minimum absolute atomic E-state index is 0.0658. The van der Waals surface area contributed by atoms with E-state index in [0.717, 1.165) is 12.8 Å². The largest absolute Gasteiger partial charge is 0.326 e. The average molecular weight is 326 g/mol. The van der Waals surface area contributed by atoms with Crippen molar-refractivity contribution in [2.75, 3.05) is 25.0 Å². The van der Waals surface area contributed by atoms with Crippen molar-refractivity contribution >= 4 is 17.5 Å². The van der Waals surface area contributed by atoms with E-state index in [1.165, 1.54) is 11.1 Å². The van der Waals surface area contributed by atoms with Gasteiger partial charge in [0.1, 0.15) is 6.54 Å². The number of carbonyl (C=O) groups excluding carboxylic acids is 2. The summed E-state index contributed by atoms with van der Waals surface area (Å²) in [5, 5.41) is 0. The average Bonchev–Trinajstić information content (AvgIpc) is 2.64. The number of fused-ring (bicyclic) bond motifs is 1. The molecule has 0 fully saturated rings. The Bertz CT molecular complexity index is 685. The fourth-order valence-electron chi connectivity index (χ4n) is 2.70. The van der Waals surface area contributed by atoms with Crippen LogP contribution in [0.1, 0.15) is 44.0 Å². The van der Waals surface area contributed by atoms with E-state index < -0.39 is 0 Å². The van der Waals surface area contributed by atoms with Crippen molar-refractivity contribution in [1.29, 1.82) is 0 Å². The molecule has 2 rings (SSSR count). The Balaban J connectivity index is 2.12. The maximum atomic E-state index is 12.8. The van der Waals surface area contributed by atoms with Gasteiger partial charge in [0.2, 0.25) is 5.91 Å². The monoisotopic (exact) mass is 326 g/mol. The topological polar surface area (TPSA) is 40.6 Å². The van der Waals surface area contributed by atoms with Crippen LogP contribution in [0.15, 0.2) is 47.6 Å². The first-order chi connectivity index (χ1) is 11.4. The summed E-state index contributed by atoms with van der Waals surface area (Å²) in [5.41, 5.74) is 3.81. The number of hydrogen-bond acceptors (Lipinski definition) is 2. The van der Waals surface area contributed by atoms with E-state index in [4.69, 9.17) is 0 Å². The first-order valence-corrected chi connectivity index (χ1v) is 8.34. The van der Waals surface area contributed by atoms with Crippen LogP contribution >= 0.6 is 0 Å². The van der Waals surface area contributed by atoms with E-state index in [-0.39, 0.29) is 18.4 Å². The molecule has 2 amide bonds. The van der Waals surface area contributed by atoms with Gasteiger partial charge in [-0.3, -0.25) is 9.59 Å². The summed E-state index contributed by atoms with van der Waals surface area (Å²) in [6, 6.07) is 7.28. The minimum atomic E-state index is -0.0864. The number of nitrogens with zero attached hydrogens (tertiary/aromatic N) is 2. The van der Waals surface area contributed by atoms with Crippen LogP contribution in [-0.2, 0) is 4.79 Å². The molecule has 0 atom stereocenters. The normalized spacial score (nSPS) is 15.2. The van der Waals surface area contributed by atoms with E-state index in [1.807, 2.05) is 18.2 Å². The fraction of sp³-hybridized carbons (Fsp3) is 0.400. The molecule has 24 heavy (non-hydrogen) atoms. The molecule has 0 aromatic heterocycles. The number of allylic oxidation sites excluding steroid dienone is 3. The first kappa shape index (κ1) is 18.0. The molecule has 1 aliphatic heterocycles. The molecule has 1 heterocycles. The van der Waals surface area contributed by atoms with E-state index in [9.17, 15) is 9.59 Å². The van der Waals surface area contributed by atoms with Gasteiger partial charge in [-0.1, -0.05) is 35.4 Å². The van der Waals surface area contributed by atoms with Crippen molar-refractivity contribution in [3.8, 4) is 0 Å². The Morgan fingerprint density at radius 1 is 1.12 bits per heavy atom. The Morgan fingerprint density at radius 2 is 1.83 bits per heavy atom. The molecule has 0 unspecified atom stereocenters. The second kappa shape index (κ2) is 7.95. The van der Waals surface area contributed by atoms with Gasteiger partial charge in [0.25, 0.3) is 5.91 Å². The molecule has 1 aromatic carbocycles. The Morgan fingerprint density at radius 3 is 2.54 bits per heavy atom. The van der Waals surface area contributed by atoms with Gasteiger partial charge in [-0.05, 0) is 45.7 Å². The van der Waals surface area contributed by atoms with Crippen LogP contribution in [0.5, 0.6) is 0 Å². The van der Waals surface area contributed by atoms with Crippen LogP contribution in [0.4, 0.5) is 5.69 Å². The number of benzene rings is 1. The third kappa shape index (κ3) is 4.34. The molecule has 1 aromatic rings. The molecular formula is C20H26N2O2. The highest BCUT2D eigenvalue weighted by Crippen LogP contribution is 2.24. The fourth-order valence-corrected chi connectivity index (χ4v) is 2.70. The van der Waals surface area contributed by atoms with Gasteiger partial charge in [-0.15, -0.1) is 0 Å². The zero-order valence-corrected chi connectivity index (χ0v) is 15.0. The summed E-state index contributed by atoms with van der Waals surface area (Å²) in [5.74, 6) is -0.152. The highest BCUT2D eigenvalue weighted by Gasteiger charge is 2.28. The number of hydrogen-bond donors (Lipinski definition) is 0. The summed E-state index contributed by atoms with van der Waals surface area (Å²) in [6.07, 6.45) is 6.24. The highest BCUT2D eigenvalue weighted by molar-refractivity contribution is 6.09. The molecule has 0 saturated heterocycles. The number of rotatable bonds is 5. The molecule has 0 spiro atoms. The lowest BCUT2D eigenvalue weighted by Crippen LogP contribution is -2.37. The molecule has 0 N–H and O–H groups in total. The van der Waals surface area contributed by atoms with Gasteiger partial charge < -0.3 is 9.80 Å². The lowest BCUT2D eigenvalue weighted by Gasteiger charge is -2.18. The molecule has 4 nitrogen and oxygen atoms in total. The third-order valence-electron chi connectivity index (χ3n) is 4.23. The van der Waals surface area contributed by atoms with Gasteiger partial charge in [0, 0.05) is 13.6 Å². The molecule has 1 aliphatic rings. The van der Waals surface area contributed by atoms with Gasteiger partial charge in [0.05, 0.1) is 11.3 Å². The third-order valence-corrected chi connectivity index (χ3v) is 4.23. The molecule has 0 radical (unpaired) electrons. The Kier molecular flexibility index (Phi) is 5.96. The molecular weight excluding hydrogens is 300 g/mol. The zero-order chi connectivity index (χ0) is 17.7. The van der Waals surface area contributed by atoms with Crippen LogP contribution in [-0.4, -0.2) is 36.9 Å². The molecule has 0 bridgehead atoms. The van der Waals surface area contributed by atoms with Crippen molar-refractivity contribution in [3.05, 3.63) is 53.1 Å². The predicted molar refractivity (Wildman–Crippen MR) is 98.2 cm³/mol. The SMILES string of the molecule is CC(C)=CCCC(C)=CCN1CC(=O)N(C)c2ccccc2C1=O. The molecule has 0 aliphatic carbocycles. The number of para-hydroxylation sites is 1. The minimum Gasteiger partial charge on any atom is -0.326 e. The van der Waals surface area contributed by atoms with E-state index >= 15 is 0 Å². The number of anilines is 1. The standard InChI is InChI=1S/C20H26N2O2/c1-15(2)8-7-9-16(3)12-13-22-14-19(23)21(4)18-11-6-5-10-17(18)20(22)24/h5-6,8,10-12H,7,9,13-14H2,1-4H3. The second-order valence-electron chi connectivity index (χ2n) is 6.53. The van der Waals surface area contributed by atoms with Crippen molar-refractivity contribution in [1.82, 2.24) is 4.90 Å². The maximum absolute atomic E-state index is 12.8. The Hall–Kier alpha value is -2.36. The number of amides is 2. The van der Waals surface area contributed by atoms with Gasteiger partial charge >= 0.3 is 0 Å². The Labute approximate surface area is 144 Å². The van der Waals surface area contributed by atoms with Crippen LogP contribution in [0.3, 0.4) is 0 Å². The maximum Gasteiger partial charge on any atom is 0.256 e. The lowest BCUT2D eigenvalue weighted by atomic mass is 10.1. The second-order valence-corrected chi connectivity index (χ2v) is 6.53. The summed E-state index contributed by atoms with van der Waals surface area (Å²) in [4.78, 5) is 28.3. The number of likely N-dealkylation sites (N-methyl/N-ethyl adjacent to an activating group) is 1. The van der Waals surface area contributed by atoms with E-state index in [1.54, 1.807) is 22.9 Å². The van der Waals surface area contributed by atoms with Crippen LogP contribution in [0.2, 0.25) is 0 Å². The quantitative estimate of drug-likeness (QED) is 0.772. The van der Waals surface area contributed by atoms with Crippen molar-refractivity contribution < 1.29 is 9.59 Å². The summed E-state index contributed by atoms with van der Waals surface area (Å²) in [7, 11) is 1.72. The van der Waals surface area contributed by atoms with Gasteiger partial charge in [0.15, 0.2) is 0 Å². The van der Waals surface area contributed by atoms with Crippen molar-refractivity contribution in [2.24, 2.45) is 0 Å². The molecule has 4 heteroatoms. The van der Waals surface area contributed by atoms with Gasteiger partial charge in [-0.25, -0.2) is 0 Å². The van der Waals surface area contributed by atoms with Crippen molar-refractivity contribution in [2.45, 2.75) is 33.6 Å². The van der Waals surface area contributed by atoms with Crippen LogP contribution in [0, 0.1) is 0 Å².